The lowest BCUT2D eigenvalue weighted by atomic mass is 9.81. The largest absolute Gasteiger partial charge is 0.389 e. The zero-order valence-electron chi connectivity index (χ0n) is 13.0. The normalized spacial score (nSPS) is 22.3. The highest BCUT2D eigenvalue weighted by molar-refractivity contribution is 5.75. The lowest BCUT2D eigenvalue weighted by Gasteiger charge is -2.35. The Labute approximate surface area is 126 Å². The number of benzene rings is 1. The van der Waals surface area contributed by atoms with E-state index in [2.05, 4.69) is 22.9 Å². The first-order valence-corrected chi connectivity index (χ1v) is 7.99. The molecule has 1 aliphatic rings. The van der Waals surface area contributed by atoms with Gasteiger partial charge in [-0.3, -0.25) is 0 Å². The van der Waals surface area contributed by atoms with Gasteiger partial charge in [0.25, 0.3) is 0 Å². The van der Waals surface area contributed by atoms with Crippen molar-refractivity contribution in [3.8, 4) is 0 Å². The molecule has 0 aliphatic carbocycles. The number of hydrogen-bond donors (Lipinski definition) is 2. The summed E-state index contributed by atoms with van der Waals surface area (Å²) in [5.41, 5.74) is 1.47. The van der Waals surface area contributed by atoms with Crippen LogP contribution in [0.15, 0.2) is 24.3 Å². The van der Waals surface area contributed by atoms with Crippen LogP contribution in [0.4, 0.5) is 0 Å². The van der Waals surface area contributed by atoms with Gasteiger partial charge in [-0.05, 0) is 45.4 Å². The SMILES string of the molecule is CCn1c(CC(C)(O)C2CCCNC2)nc2ccccc21. The molecule has 3 rings (SSSR count). The standard InChI is InChI=1S/C17H25N3O/c1-3-20-15-9-5-4-8-14(15)19-16(20)11-17(2,21)13-7-6-10-18-12-13/h4-5,8-9,13,18,21H,3,6-7,10-12H2,1-2H3. The van der Waals surface area contributed by atoms with Crippen LogP contribution in [0.5, 0.6) is 0 Å². The van der Waals surface area contributed by atoms with Crippen LogP contribution in [0, 0.1) is 5.92 Å². The maximum Gasteiger partial charge on any atom is 0.112 e. The Morgan fingerprint density at radius 2 is 2.24 bits per heavy atom. The van der Waals surface area contributed by atoms with Gasteiger partial charge in [0.1, 0.15) is 5.82 Å². The summed E-state index contributed by atoms with van der Waals surface area (Å²) in [6, 6.07) is 8.21. The summed E-state index contributed by atoms with van der Waals surface area (Å²) in [6.45, 7) is 6.95. The number of para-hydroxylation sites is 2. The number of aromatic nitrogens is 2. The van der Waals surface area contributed by atoms with E-state index in [1.165, 1.54) is 0 Å². The molecule has 0 bridgehead atoms. The van der Waals surface area contributed by atoms with Gasteiger partial charge in [0.05, 0.1) is 16.6 Å². The topological polar surface area (TPSA) is 50.1 Å². The van der Waals surface area contributed by atoms with Crippen LogP contribution in [-0.2, 0) is 13.0 Å². The Kier molecular flexibility index (Phi) is 4.00. The molecule has 1 aromatic heterocycles. The van der Waals surface area contributed by atoms with Gasteiger partial charge in [0.2, 0.25) is 0 Å². The van der Waals surface area contributed by atoms with E-state index in [0.717, 1.165) is 49.3 Å². The summed E-state index contributed by atoms with van der Waals surface area (Å²) < 4.78 is 2.22. The number of nitrogens with one attached hydrogen (secondary N) is 1. The smallest absolute Gasteiger partial charge is 0.112 e. The number of rotatable bonds is 4. The second-order valence-electron chi connectivity index (χ2n) is 6.34. The molecular formula is C17H25N3O. The number of aryl methyl sites for hydroxylation is 1. The molecule has 0 spiro atoms. The molecule has 0 amide bonds. The molecule has 2 atom stereocenters. The molecule has 2 N–H and O–H groups in total. The molecule has 2 unspecified atom stereocenters. The zero-order chi connectivity index (χ0) is 14.9. The molecule has 114 valence electrons. The quantitative estimate of drug-likeness (QED) is 0.907. The molecule has 4 heteroatoms. The number of hydrogen-bond acceptors (Lipinski definition) is 3. The van der Waals surface area contributed by atoms with Gasteiger partial charge < -0.3 is 15.0 Å². The summed E-state index contributed by atoms with van der Waals surface area (Å²) in [5, 5.41) is 14.3. The fourth-order valence-electron chi connectivity index (χ4n) is 3.46. The molecule has 1 aliphatic heterocycles. The number of aliphatic hydroxyl groups is 1. The number of piperidine rings is 1. The monoisotopic (exact) mass is 287 g/mol. The number of fused-ring (bicyclic) bond motifs is 1. The fraction of sp³-hybridized carbons (Fsp3) is 0.588. The van der Waals surface area contributed by atoms with Crippen molar-refractivity contribution in [3.63, 3.8) is 0 Å². The summed E-state index contributed by atoms with van der Waals surface area (Å²) in [7, 11) is 0. The molecule has 21 heavy (non-hydrogen) atoms. The second kappa shape index (κ2) is 5.78. The van der Waals surface area contributed by atoms with Crippen LogP contribution >= 0.6 is 0 Å². The Hall–Kier alpha value is -1.39. The van der Waals surface area contributed by atoms with Gasteiger partial charge in [-0.2, -0.15) is 0 Å². The van der Waals surface area contributed by atoms with E-state index < -0.39 is 5.60 Å². The van der Waals surface area contributed by atoms with Crippen LogP contribution in [0.3, 0.4) is 0 Å². The molecule has 4 nitrogen and oxygen atoms in total. The van der Waals surface area contributed by atoms with Gasteiger partial charge >= 0.3 is 0 Å². The lowest BCUT2D eigenvalue weighted by molar-refractivity contribution is -0.0123. The first-order chi connectivity index (χ1) is 10.1. The van der Waals surface area contributed by atoms with Gasteiger partial charge in [-0.15, -0.1) is 0 Å². The van der Waals surface area contributed by atoms with Crippen molar-refractivity contribution in [2.24, 2.45) is 5.92 Å². The van der Waals surface area contributed by atoms with Crippen LogP contribution in [0.25, 0.3) is 11.0 Å². The molecule has 1 aromatic carbocycles. The zero-order valence-corrected chi connectivity index (χ0v) is 13.0. The molecule has 2 aromatic rings. The van der Waals surface area contributed by atoms with Gasteiger partial charge in [-0.25, -0.2) is 4.98 Å². The molecule has 1 fully saturated rings. The fourth-order valence-corrected chi connectivity index (χ4v) is 3.46. The van der Waals surface area contributed by atoms with Crippen molar-refractivity contribution in [2.75, 3.05) is 13.1 Å². The first-order valence-electron chi connectivity index (χ1n) is 7.99. The van der Waals surface area contributed by atoms with E-state index in [1.807, 2.05) is 25.1 Å². The lowest BCUT2D eigenvalue weighted by Crippen LogP contribution is -2.46. The van der Waals surface area contributed by atoms with E-state index in [4.69, 9.17) is 4.98 Å². The third kappa shape index (κ3) is 2.83. The molecular weight excluding hydrogens is 262 g/mol. The number of nitrogens with zero attached hydrogens (tertiary/aromatic N) is 2. The van der Waals surface area contributed by atoms with E-state index in [9.17, 15) is 5.11 Å². The van der Waals surface area contributed by atoms with E-state index in [-0.39, 0.29) is 0 Å². The van der Waals surface area contributed by atoms with Crippen molar-refractivity contribution < 1.29 is 5.11 Å². The highest BCUT2D eigenvalue weighted by Gasteiger charge is 2.34. The van der Waals surface area contributed by atoms with Crippen molar-refractivity contribution in [1.82, 2.24) is 14.9 Å². The first kappa shape index (κ1) is 14.5. The number of imidazole rings is 1. The third-order valence-corrected chi connectivity index (χ3v) is 4.74. The Morgan fingerprint density at radius 3 is 2.95 bits per heavy atom. The second-order valence-corrected chi connectivity index (χ2v) is 6.34. The highest BCUT2D eigenvalue weighted by Crippen LogP contribution is 2.28. The third-order valence-electron chi connectivity index (χ3n) is 4.74. The maximum absolute atomic E-state index is 10.9. The minimum absolute atomic E-state index is 0.302. The molecule has 0 saturated carbocycles. The van der Waals surface area contributed by atoms with E-state index >= 15 is 0 Å². The average Bonchev–Trinajstić information content (AvgIpc) is 2.84. The minimum atomic E-state index is -0.707. The molecule has 0 radical (unpaired) electrons. The van der Waals surface area contributed by atoms with Crippen LogP contribution in [0.2, 0.25) is 0 Å². The van der Waals surface area contributed by atoms with Gasteiger partial charge in [-0.1, -0.05) is 12.1 Å². The van der Waals surface area contributed by atoms with Crippen molar-refractivity contribution in [1.29, 1.82) is 0 Å². The van der Waals surface area contributed by atoms with Crippen LogP contribution in [-0.4, -0.2) is 33.3 Å². The van der Waals surface area contributed by atoms with E-state index in [0.29, 0.717) is 12.3 Å². The summed E-state index contributed by atoms with van der Waals surface area (Å²) in [6.07, 6.45) is 2.85. The minimum Gasteiger partial charge on any atom is -0.389 e. The summed E-state index contributed by atoms with van der Waals surface area (Å²) >= 11 is 0. The predicted molar refractivity (Wildman–Crippen MR) is 85.3 cm³/mol. The van der Waals surface area contributed by atoms with Crippen LogP contribution < -0.4 is 5.32 Å². The van der Waals surface area contributed by atoms with Crippen LogP contribution in [0.1, 0.15) is 32.5 Å². The van der Waals surface area contributed by atoms with Gasteiger partial charge in [0, 0.05) is 25.4 Å². The summed E-state index contributed by atoms with van der Waals surface area (Å²) in [4.78, 5) is 4.75. The van der Waals surface area contributed by atoms with Crippen molar-refractivity contribution in [3.05, 3.63) is 30.1 Å². The van der Waals surface area contributed by atoms with Gasteiger partial charge in [0.15, 0.2) is 0 Å². The Balaban J connectivity index is 1.89. The van der Waals surface area contributed by atoms with Crippen molar-refractivity contribution >= 4 is 11.0 Å². The Morgan fingerprint density at radius 1 is 1.43 bits per heavy atom. The Bertz CT molecular complexity index is 612. The maximum atomic E-state index is 10.9. The molecule has 1 saturated heterocycles. The highest BCUT2D eigenvalue weighted by atomic mass is 16.3. The molecule has 2 heterocycles. The van der Waals surface area contributed by atoms with Crippen molar-refractivity contribution in [2.45, 2.75) is 45.3 Å². The van der Waals surface area contributed by atoms with E-state index in [1.54, 1.807) is 0 Å². The predicted octanol–water partition coefficient (Wildman–Crippen LogP) is 2.35. The average molecular weight is 287 g/mol. The summed E-state index contributed by atoms with van der Waals surface area (Å²) in [5.74, 6) is 1.30.